The minimum Gasteiger partial charge on any atom is -0.474 e. The topological polar surface area (TPSA) is 35.0 Å². The van der Waals surface area contributed by atoms with E-state index < -0.39 is 0 Å². The molecule has 2 aromatic rings. The van der Waals surface area contributed by atoms with Gasteiger partial charge in [0.1, 0.15) is 5.69 Å². The van der Waals surface area contributed by atoms with E-state index in [4.69, 9.17) is 4.74 Å². The highest BCUT2D eigenvalue weighted by Crippen LogP contribution is 2.18. The summed E-state index contributed by atoms with van der Waals surface area (Å²) in [6.07, 6.45) is 0.124. The van der Waals surface area contributed by atoms with Crippen molar-refractivity contribution in [2.75, 3.05) is 0 Å². The molecule has 0 radical (unpaired) electrons. The molecule has 1 heterocycles. The van der Waals surface area contributed by atoms with Crippen LogP contribution in [0.1, 0.15) is 33.4 Å². The first kappa shape index (κ1) is 13.4. The first-order chi connectivity index (χ1) is 8.16. The molecule has 0 aliphatic heterocycles. The molecule has 0 bridgehead atoms. The van der Waals surface area contributed by atoms with Crippen LogP contribution in [0.4, 0.5) is 0 Å². The zero-order valence-corrected chi connectivity index (χ0v) is 11.2. The number of aryl methyl sites for hydroxylation is 1. The molecule has 1 aromatic heterocycles. The van der Waals surface area contributed by atoms with Crippen LogP contribution in [0.3, 0.4) is 0 Å². The Labute approximate surface area is 103 Å². The molecule has 3 nitrogen and oxygen atoms in total. The molecule has 2 rings (SSSR count). The lowest BCUT2D eigenvalue weighted by Gasteiger charge is -2.11. The summed E-state index contributed by atoms with van der Waals surface area (Å²) in [5.41, 5.74) is 2.62. The third-order valence-electron chi connectivity index (χ3n) is 2.05. The molecule has 0 atom stereocenters. The molecule has 0 spiro atoms. The van der Waals surface area contributed by atoms with E-state index in [-0.39, 0.29) is 6.10 Å². The van der Waals surface area contributed by atoms with Gasteiger partial charge in [0.15, 0.2) is 0 Å². The van der Waals surface area contributed by atoms with Crippen LogP contribution < -0.4 is 4.74 Å². The molecule has 0 fully saturated rings. The first-order valence-corrected chi connectivity index (χ1v) is 6.07. The van der Waals surface area contributed by atoms with Gasteiger partial charge in [-0.2, -0.15) is 0 Å². The Morgan fingerprint density at radius 3 is 2.06 bits per heavy atom. The number of ether oxygens (including phenoxy) is 1. The van der Waals surface area contributed by atoms with E-state index in [1.807, 2.05) is 58.9 Å². The van der Waals surface area contributed by atoms with Crippen molar-refractivity contribution in [2.45, 2.75) is 40.7 Å². The van der Waals surface area contributed by atoms with Crippen molar-refractivity contribution in [2.24, 2.45) is 0 Å². The van der Waals surface area contributed by atoms with Gasteiger partial charge in [-0.25, -0.2) is 9.97 Å². The van der Waals surface area contributed by atoms with Gasteiger partial charge in [0.25, 0.3) is 0 Å². The molecule has 0 N–H and O–H groups in total. The molecule has 0 aliphatic rings. The minimum atomic E-state index is 0.124. The molecular formula is C14H20N2O. The van der Waals surface area contributed by atoms with Crippen LogP contribution in [-0.2, 0) is 0 Å². The molecule has 1 aromatic carbocycles. The maximum absolute atomic E-state index is 5.58. The fraction of sp³-hybridized carbons (Fsp3) is 0.429. The summed E-state index contributed by atoms with van der Waals surface area (Å²) < 4.78 is 5.58. The lowest BCUT2D eigenvalue weighted by molar-refractivity contribution is 0.230. The molecule has 0 aliphatic carbocycles. The minimum absolute atomic E-state index is 0.124. The van der Waals surface area contributed by atoms with Gasteiger partial charge in [0.05, 0.1) is 17.1 Å². The van der Waals surface area contributed by atoms with E-state index in [1.165, 1.54) is 0 Å². The Kier molecular flexibility index (Phi) is 4.88. The summed E-state index contributed by atoms with van der Waals surface area (Å²) >= 11 is 0. The number of hydrogen-bond donors (Lipinski definition) is 0. The second-order valence-electron chi connectivity index (χ2n) is 3.77. The summed E-state index contributed by atoms with van der Waals surface area (Å²) in [5, 5.41) is 0. The highest BCUT2D eigenvalue weighted by atomic mass is 16.5. The largest absolute Gasteiger partial charge is 0.474 e. The number of fused-ring (bicyclic) bond motifs is 1. The highest BCUT2D eigenvalue weighted by Gasteiger charge is 2.06. The lowest BCUT2D eigenvalue weighted by Crippen LogP contribution is -2.09. The van der Waals surface area contributed by atoms with Gasteiger partial charge in [0, 0.05) is 0 Å². The molecule has 92 valence electrons. The fourth-order valence-corrected chi connectivity index (χ4v) is 1.41. The van der Waals surface area contributed by atoms with Crippen molar-refractivity contribution >= 4 is 11.0 Å². The van der Waals surface area contributed by atoms with E-state index >= 15 is 0 Å². The molecular weight excluding hydrogens is 212 g/mol. The van der Waals surface area contributed by atoms with Crippen molar-refractivity contribution in [1.82, 2.24) is 9.97 Å². The average Bonchev–Trinajstić information content (AvgIpc) is 2.32. The molecule has 3 heteroatoms. The standard InChI is InChI=1S/C12H14N2O.C2H6/c1-8(2)15-12-9(3)13-10-6-4-5-7-11(10)14-12;1-2/h4-8H,1-3H3;1-2H3. The first-order valence-electron chi connectivity index (χ1n) is 6.07. The van der Waals surface area contributed by atoms with Crippen LogP contribution in [0.15, 0.2) is 24.3 Å². The summed E-state index contributed by atoms with van der Waals surface area (Å²) in [6.45, 7) is 9.88. The quantitative estimate of drug-likeness (QED) is 0.791. The van der Waals surface area contributed by atoms with Gasteiger partial charge in [-0.05, 0) is 32.9 Å². The number of hydrogen-bond acceptors (Lipinski definition) is 3. The number of nitrogens with zero attached hydrogens (tertiary/aromatic N) is 2. The van der Waals surface area contributed by atoms with Crippen molar-refractivity contribution in [1.29, 1.82) is 0 Å². The molecule has 0 unspecified atom stereocenters. The highest BCUT2D eigenvalue weighted by molar-refractivity contribution is 5.74. The van der Waals surface area contributed by atoms with Gasteiger partial charge in [0.2, 0.25) is 5.88 Å². The molecule has 0 saturated carbocycles. The Bertz CT molecular complexity index is 481. The summed E-state index contributed by atoms with van der Waals surface area (Å²) in [7, 11) is 0. The second kappa shape index (κ2) is 6.18. The van der Waals surface area contributed by atoms with Gasteiger partial charge < -0.3 is 4.74 Å². The SMILES string of the molecule is CC.Cc1nc2ccccc2nc1OC(C)C. The third kappa shape index (κ3) is 3.41. The van der Waals surface area contributed by atoms with Crippen molar-refractivity contribution in [3.63, 3.8) is 0 Å². The lowest BCUT2D eigenvalue weighted by atomic mass is 10.3. The molecule has 17 heavy (non-hydrogen) atoms. The fourth-order valence-electron chi connectivity index (χ4n) is 1.41. The number of benzene rings is 1. The van der Waals surface area contributed by atoms with E-state index in [0.29, 0.717) is 5.88 Å². The van der Waals surface area contributed by atoms with Gasteiger partial charge in [-0.1, -0.05) is 26.0 Å². The second-order valence-corrected chi connectivity index (χ2v) is 3.77. The van der Waals surface area contributed by atoms with Crippen molar-refractivity contribution in [3.8, 4) is 5.88 Å². The van der Waals surface area contributed by atoms with Gasteiger partial charge in [-0.15, -0.1) is 0 Å². The van der Waals surface area contributed by atoms with Crippen LogP contribution in [0.2, 0.25) is 0 Å². The average molecular weight is 232 g/mol. The van der Waals surface area contributed by atoms with Crippen LogP contribution >= 0.6 is 0 Å². The third-order valence-corrected chi connectivity index (χ3v) is 2.05. The Morgan fingerprint density at radius 2 is 1.53 bits per heavy atom. The summed E-state index contributed by atoms with van der Waals surface area (Å²) in [5.74, 6) is 0.628. The molecule has 0 amide bonds. The predicted molar refractivity (Wildman–Crippen MR) is 71.4 cm³/mol. The number of rotatable bonds is 2. The van der Waals surface area contributed by atoms with Crippen LogP contribution in [0, 0.1) is 6.92 Å². The van der Waals surface area contributed by atoms with Crippen LogP contribution in [-0.4, -0.2) is 16.1 Å². The van der Waals surface area contributed by atoms with Crippen LogP contribution in [0.5, 0.6) is 5.88 Å². The predicted octanol–water partition coefficient (Wildman–Crippen LogP) is 3.75. The van der Waals surface area contributed by atoms with Crippen molar-refractivity contribution in [3.05, 3.63) is 30.0 Å². The van der Waals surface area contributed by atoms with E-state index in [9.17, 15) is 0 Å². The maximum Gasteiger partial charge on any atom is 0.236 e. The maximum atomic E-state index is 5.58. The molecule has 0 saturated heterocycles. The zero-order valence-electron chi connectivity index (χ0n) is 11.2. The smallest absolute Gasteiger partial charge is 0.236 e. The Balaban J connectivity index is 0.000000686. The van der Waals surface area contributed by atoms with Crippen molar-refractivity contribution < 1.29 is 4.74 Å². The number of aromatic nitrogens is 2. The Hall–Kier alpha value is -1.64. The van der Waals surface area contributed by atoms with Crippen LogP contribution in [0.25, 0.3) is 11.0 Å². The van der Waals surface area contributed by atoms with Gasteiger partial charge >= 0.3 is 0 Å². The summed E-state index contributed by atoms with van der Waals surface area (Å²) in [6, 6.07) is 7.80. The normalized spacial score (nSPS) is 10.0. The zero-order chi connectivity index (χ0) is 12.8. The summed E-state index contributed by atoms with van der Waals surface area (Å²) in [4.78, 5) is 8.87. The van der Waals surface area contributed by atoms with Gasteiger partial charge in [-0.3, -0.25) is 0 Å². The van der Waals surface area contributed by atoms with E-state index in [0.717, 1.165) is 16.7 Å². The Morgan fingerprint density at radius 1 is 1.00 bits per heavy atom. The van der Waals surface area contributed by atoms with E-state index in [1.54, 1.807) is 0 Å². The monoisotopic (exact) mass is 232 g/mol. The number of para-hydroxylation sites is 2. The van der Waals surface area contributed by atoms with E-state index in [2.05, 4.69) is 9.97 Å².